The van der Waals surface area contributed by atoms with Crippen molar-refractivity contribution >= 4 is 23.2 Å². The van der Waals surface area contributed by atoms with Crippen molar-refractivity contribution in [2.24, 2.45) is 0 Å². The standard InChI is InChI=1S/C13H17ClN2O/c1-9-3-2-4-12(15-9)13(17)16-11-7-5-10(14)6-8-11/h5-9,12,15H,2-4H2,1H3,(H,16,17). The normalized spacial score (nSPS) is 24.4. The Morgan fingerprint density at radius 2 is 2.06 bits per heavy atom. The molecule has 0 radical (unpaired) electrons. The second kappa shape index (κ2) is 5.52. The van der Waals surface area contributed by atoms with Gasteiger partial charge in [-0.05, 0) is 50.5 Å². The number of anilines is 1. The number of hydrogen-bond donors (Lipinski definition) is 2. The average molecular weight is 253 g/mol. The van der Waals surface area contributed by atoms with Crippen LogP contribution in [0, 0.1) is 0 Å². The van der Waals surface area contributed by atoms with Gasteiger partial charge in [0.15, 0.2) is 0 Å². The van der Waals surface area contributed by atoms with Crippen molar-refractivity contribution in [1.82, 2.24) is 5.32 Å². The van der Waals surface area contributed by atoms with E-state index in [0.29, 0.717) is 11.1 Å². The number of hydrogen-bond acceptors (Lipinski definition) is 2. The Morgan fingerprint density at radius 3 is 2.71 bits per heavy atom. The molecule has 2 unspecified atom stereocenters. The van der Waals surface area contributed by atoms with Crippen molar-refractivity contribution in [3.63, 3.8) is 0 Å². The van der Waals surface area contributed by atoms with Gasteiger partial charge in [-0.15, -0.1) is 0 Å². The molecule has 1 aliphatic rings. The van der Waals surface area contributed by atoms with Crippen LogP contribution in [0.25, 0.3) is 0 Å². The summed E-state index contributed by atoms with van der Waals surface area (Å²) in [5.74, 6) is 0.0406. The summed E-state index contributed by atoms with van der Waals surface area (Å²) in [6.45, 7) is 2.11. The first kappa shape index (κ1) is 12.4. The third-order valence-corrected chi connectivity index (χ3v) is 3.30. The van der Waals surface area contributed by atoms with Gasteiger partial charge in [-0.1, -0.05) is 11.6 Å². The summed E-state index contributed by atoms with van der Waals surface area (Å²) in [7, 11) is 0. The van der Waals surface area contributed by atoms with Crippen LogP contribution < -0.4 is 10.6 Å². The molecule has 3 nitrogen and oxygen atoms in total. The maximum Gasteiger partial charge on any atom is 0.241 e. The zero-order valence-electron chi connectivity index (χ0n) is 9.87. The molecule has 1 heterocycles. The highest BCUT2D eigenvalue weighted by molar-refractivity contribution is 6.30. The minimum absolute atomic E-state index is 0.0406. The van der Waals surface area contributed by atoms with Gasteiger partial charge in [0.1, 0.15) is 0 Å². The Kier molecular flexibility index (Phi) is 4.02. The molecule has 1 amide bonds. The number of halogens is 1. The first-order valence-electron chi connectivity index (χ1n) is 5.97. The fraction of sp³-hybridized carbons (Fsp3) is 0.462. The molecule has 2 rings (SSSR count). The fourth-order valence-electron chi connectivity index (χ4n) is 2.11. The lowest BCUT2D eigenvalue weighted by atomic mass is 9.99. The van der Waals surface area contributed by atoms with Gasteiger partial charge in [0.2, 0.25) is 5.91 Å². The largest absolute Gasteiger partial charge is 0.325 e. The molecule has 1 fully saturated rings. The molecule has 2 atom stereocenters. The maximum absolute atomic E-state index is 12.0. The van der Waals surface area contributed by atoms with Crippen LogP contribution in [0.5, 0.6) is 0 Å². The second-order valence-corrected chi connectivity index (χ2v) is 4.98. The number of piperidine rings is 1. The summed E-state index contributed by atoms with van der Waals surface area (Å²) in [6.07, 6.45) is 3.15. The highest BCUT2D eigenvalue weighted by Gasteiger charge is 2.23. The Morgan fingerprint density at radius 1 is 1.35 bits per heavy atom. The predicted molar refractivity (Wildman–Crippen MR) is 70.3 cm³/mol. The number of rotatable bonds is 2. The van der Waals surface area contributed by atoms with Crippen LogP contribution in [0.4, 0.5) is 5.69 Å². The number of carbonyl (C=O) groups is 1. The third kappa shape index (κ3) is 3.45. The van der Waals surface area contributed by atoms with E-state index < -0.39 is 0 Å². The summed E-state index contributed by atoms with van der Waals surface area (Å²) in [4.78, 5) is 12.0. The van der Waals surface area contributed by atoms with E-state index in [1.54, 1.807) is 12.1 Å². The first-order valence-corrected chi connectivity index (χ1v) is 6.35. The van der Waals surface area contributed by atoms with Crippen molar-refractivity contribution in [2.45, 2.75) is 38.3 Å². The number of nitrogens with one attached hydrogen (secondary N) is 2. The lowest BCUT2D eigenvalue weighted by molar-refractivity contribution is -0.118. The quantitative estimate of drug-likeness (QED) is 0.850. The van der Waals surface area contributed by atoms with Crippen molar-refractivity contribution < 1.29 is 4.79 Å². The minimum atomic E-state index is -0.0746. The number of carbonyl (C=O) groups excluding carboxylic acids is 1. The van der Waals surface area contributed by atoms with Crippen LogP contribution in [0.2, 0.25) is 5.02 Å². The average Bonchev–Trinajstić information content (AvgIpc) is 2.32. The van der Waals surface area contributed by atoms with Gasteiger partial charge in [0, 0.05) is 16.8 Å². The fourth-order valence-corrected chi connectivity index (χ4v) is 2.23. The zero-order valence-corrected chi connectivity index (χ0v) is 10.6. The van der Waals surface area contributed by atoms with E-state index in [1.807, 2.05) is 12.1 Å². The summed E-state index contributed by atoms with van der Waals surface area (Å²) < 4.78 is 0. The van der Waals surface area contributed by atoms with E-state index in [9.17, 15) is 4.79 Å². The Hall–Kier alpha value is -1.06. The minimum Gasteiger partial charge on any atom is -0.325 e. The van der Waals surface area contributed by atoms with Crippen molar-refractivity contribution in [1.29, 1.82) is 0 Å². The van der Waals surface area contributed by atoms with Crippen LogP contribution in [0.15, 0.2) is 24.3 Å². The molecule has 1 saturated heterocycles. The topological polar surface area (TPSA) is 41.1 Å². The van der Waals surface area contributed by atoms with E-state index >= 15 is 0 Å². The molecule has 0 aromatic heterocycles. The van der Waals surface area contributed by atoms with Gasteiger partial charge in [-0.3, -0.25) is 4.79 Å². The molecule has 0 spiro atoms. The summed E-state index contributed by atoms with van der Waals surface area (Å²) in [6, 6.07) is 7.51. The molecular weight excluding hydrogens is 236 g/mol. The molecular formula is C13H17ClN2O. The van der Waals surface area contributed by atoms with Gasteiger partial charge < -0.3 is 10.6 Å². The molecule has 2 N–H and O–H groups in total. The summed E-state index contributed by atoms with van der Waals surface area (Å²) in [5, 5.41) is 6.88. The van der Waals surface area contributed by atoms with E-state index in [4.69, 9.17) is 11.6 Å². The molecule has 92 valence electrons. The van der Waals surface area contributed by atoms with Crippen LogP contribution in [0.3, 0.4) is 0 Å². The second-order valence-electron chi connectivity index (χ2n) is 4.55. The van der Waals surface area contributed by atoms with Crippen LogP contribution in [-0.4, -0.2) is 18.0 Å². The smallest absolute Gasteiger partial charge is 0.241 e. The van der Waals surface area contributed by atoms with Gasteiger partial charge in [-0.25, -0.2) is 0 Å². The van der Waals surface area contributed by atoms with E-state index in [-0.39, 0.29) is 11.9 Å². The first-order chi connectivity index (χ1) is 8.15. The summed E-state index contributed by atoms with van der Waals surface area (Å²) >= 11 is 5.79. The van der Waals surface area contributed by atoms with Gasteiger partial charge >= 0.3 is 0 Å². The molecule has 0 bridgehead atoms. The Balaban J connectivity index is 1.94. The molecule has 1 aromatic rings. The third-order valence-electron chi connectivity index (χ3n) is 3.04. The van der Waals surface area contributed by atoms with Crippen molar-refractivity contribution in [3.05, 3.63) is 29.3 Å². The monoisotopic (exact) mass is 252 g/mol. The molecule has 1 aromatic carbocycles. The maximum atomic E-state index is 12.0. The lowest BCUT2D eigenvalue weighted by Crippen LogP contribution is -2.47. The van der Waals surface area contributed by atoms with Gasteiger partial charge in [0.05, 0.1) is 6.04 Å². The van der Waals surface area contributed by atoms with E-state index in [1.165, 1.54) is 0 Å². The lowest BCUT2D eigenvalue weighted by Gasteiger charge is -2.27. The van der Waals surface area contributed by atoms with Crippen LogP contribution >= 0.6 is 11.6 Å². The highest BCUT2D eigenvalue weighted by atomic mass is 35.5. The van der Waals surface area contributed by atoms with Crippen LogP contribution in [0.1, 0.15) is 26.2 Å². The molecule has 0 aliphatic carbocycles. The van der Waals surface area contributed by atoms with E-state index in [2.05, 4.69) is 17.6 Å². The van der Waals surface area contributed by atoms with Crippen LogP contribution in [-0.2, 0) is 4.79 Å². The Labute approximate surface area is 107 Å². The zero-order chi connectivity index (χ0) is 12.3. The Bertz CT molecular complexity index is 391. The van der Waals surface area contributed by atoms with Crippen molar-refractivity contribution in [3.8, 4) is 0 Å². The van der Waals surface area contributed by atoms with E-state index in [0.717, 1.165) is 24.9 Å². The number of benzene rings is 1. The predicted octanol–water partition coefficient (Wildman–Crippen LogP) is 2.81. The molecule has 0 saturated carbocycles. The molecule has 1 aliphatic heterocycles. The van der Waals surface area contributed by atoms with Gasteiger partial charge in [0.25, 0.3) is 0 Å². The number of amides is 1. The van der Waals surface area contributed by atoms with Crippen molar-refractivity contribution in [2.75, 3.05) is 5.32 Å². The van der Waals surface area contributed by atoms with Gasteiger partial charge in [-0.2, -0.15) is 0 Å². The summed E-state index contributed by atoms with van der Waals surface area (Å²) in [5.41, 5.74) is 0.791. The highest BCUT2D eigenvalue weighted by Crippen LogP contribution is 2.16. The SMILES string of the molecule is CC1CCCC(C(=O)Nc2ccc(Cl)cc2)N1. The molecule has 4 heteroatoms. The molecule has 17 heavy (non-hydrogen) atoms.